The van der Waals surface area contributed by atoms with Gasteiger partial charge >= 0.3 is 12.0 Å². The molecule has 3 aromatic rings. The molecule has 1 saturated heterocycles. The van der Waals surface area contributed by atoms with Gasteiger partial charge in [-0.3, -0.25) is 14.6 Å². The quantitative estimate of drug-likeness (QED) is 0.289. The minimum atomic E-state index is -0.593. The van der Waals surface area contributed by atoms with Crippen molar-refractivity contribution in [2.24, 2.45) is 4.99 Å². The van der Waals surface area contributed by atoms with Gasteiger partial charge in [0.25, 0.3) is 5.91 Å². The molecule has 2 heterocycles. The van der Waals surface area contributed by atoms with Crippen LogP contribution in [0.4, 0.5) is 16.2 Å². The number of ether oxygens (including phenoxy) is 3. The predicted molar refractivity (Wildman–Crippen MR) is 149 cm³/mol. The Kier molecular flexibility index (Phi) is 9.78. The van der Waals surface area contributed by atoms with Crippen LogP contribution < -0.4 is 11.1 Å². The lowest BCUT2D eigenvalue weighted by atomic mass is 10.1. The second kappa shape index (κ2) is 13.9. The molecule has 1 aliphatic rings. The Bertz CT molecular complexity index is 1350. The third-order valence-electron chi connectivity index (χ3n) is 5.93. The molecule has 1 unspecified atom stereocenters. The highest BCUT2D eigenvalue weighted by molar-refractivity contribution is 6.04. The molecular weight excluding hydrogens is 514 g/mol. The Morgan fingerprint density at radius 2 is 1.85 bits per heavy atom. The summed E-state index contributed by atoms with van der Waals surface area (Å²) in [5.74, 6) is -0.686. The number of urea groups is 1. The number of rotatable bonds is 10. The maximum absolute atomic E-state index is 13.1. The summed E-state index contributed by atoms with van der Waals surface area (Å²) in [7, 11) is 0. The SMILES string of the molecule is CCOC(=O)CCN(Cc1ccc(C(=O)Nc2ccccc2N)nc1)C(=O)N=C1COC(Cc2ccccc2)O1. The first-order valence-corrected chi connectivity index (χ1v) is 12.9. The van der Waals surface area contributed by atoms with Crippen LogP contribution in [0.3, 0.4) is 0 Å². The van der Waals surface area contributed by atoms with Crippen LogP contribution in [0.1, 0.15) is 35.0 Å². The molecule has 4 rings (SSSR count). The van der Waals surface area contributed by atoms with Gasteiger partial charge in [-0.05, 0) is 36.2 Å². The zero-order valence-electron chi connectivity index (χ0n) is 22.1. The van der Waals surface area contributed by atoms with Crippen molar-refractivity contribution in [3.05, 3.63) is 89.7 Å². The smallest absolute Gasteiger partial charge is 0.346 e. The third-order valence-corrected chi connectivity index (χ3v) is 5.93. The average Bonchev–Trinajstić information content (AvgIpc) is 3.39. The number of aromatic nitrogens is 1. The van der Waals surface area contributed by atoms with E-state index in [2.05, 4.69) is 15.3 Å². The largest absolute Gasteiger partial charge is 0.466 e. The minimum Gasteiger partial charge on any atom is -0.466 e. The van der Waals surface area contributed by atoms with Gasteiger partial charge in [-0.15, -0.1) is 0 Å². The number of pyridine rings is 1. The van der Waals surface area contributed by atoms with E-state index in [0.717, 1.165) is 5.56 Å². The highest BCUT2D eigenvalue weighted by Crippen LogP contribution is 2.18. The Labute approximate surface area is 232 Å². The number of amides is 3. The normalized spacial score (nSPS) is 15.3. The second-order valence-electron chi connectivity index (χ2n) is 8.91. The number of nitrogens with one attached hydrogen (secondary N) is 1. The van der Waals surface area contributed by atoms with Crippen molar-refractivity contribution in [1.29, 1.82) is 0 Å². The molecule has 40 heavy (non-hydrogen) atoms. The fourth-order valence-electron chi connectivity index (χ4n) is 3.90. The van der Waals surface area contributed by atoms with E-state index in [1.165, 1.54) is 11.1 Å². The van der Waals surface area contributed by atoms with Crippen LogP contribution in [0, 0.1) is 0 Å². The Morgan fingerprint density at radius 3 is 2.58 bits per heavy atom. The first-order chi connectivity index (χ1) is 19.4. The van der Waals surface area contributed by atoms with Gasteiger partial charge in [0.2, 0.25) is 12.2 Å². The lowest BCUT2D eigenvalue weighted by Crippen LogP contribution is -2.31. The summed E-state index contributed by atoms with van der Waals surface area (Å²) in [6, 6.07) is 19.3. The summed E-state index contributed by atoms with van der Waals surface area (Å²) >= 11 is 0. The van der Waals surface area contributed by atoms with Gasteiger partial charge in [0.15, 0.2) is 0 Å². The van der Waals surface area contributed by atoms with Gasteiger partial charge in [-0.1, -0.05) is 48.5 Å². The summed E-state index contributed by atoms with van der Waals surface area (Å²) in [6.07, 6.45) is 1.45. The Hall–Kier alpha value is -4.77. The van der Waals surface area contributed by atoms with Gasteiger partial charge in [0.05, 0.1) is 24.4 Å². The molecule has 1 aromatic heterocycles. The number of carbonyl (C=O) groups excluding carboxylic acids is 3. The molecule has 0 bridgehead atoms. The number of nitrogen functional groups attached to an aromatic ring is 1. The van der Waals surface area contributed by atoms with E-state index in [1.807, 2.05) is 30.3 Å². The number of nitrogens with zero attached hydrogens (tertiary/aromatic N) is 3. The number of aliphatic imine (C=N–C) groups is 1. The average molecular weight is 546 g/mol. The van der Waals surface area contributed by atoms with Crippen molar-refractivity contribution in [2.75, 3.05) is 30.8 Å². The molecule has 3 N–H and O–H groups in total. The molecule has 3 amide bonds. The van der Waals surface area contributed by atoms with E-state index in [-0.39, 0.29) is 44.3 Å². The number of anilines is 2. The minimum absolute atomic E-state index is 0.00909. The summed E-state index contributed by atoms with van der Waals surface area (Å²) in [5.41, 5.74) is 8.66. The Balaban J connectivity index is 1.40. The van der Waals surface area contributed by atoms with E-state index in [9.17, 15) is 14.4 Å². The lowest BCUT2D eigenvalue weighted by Gasteiger charge is -2.20. The van der Waals surface area contributed by atoms with Crippen LogP contribution in [0.2, 0.25) is 0 Å². The van der Waals surface area contributed by atoms with Crippen molar-refractivity contribution in [3.8, 4) is 0 Å². The van der Waals surface area contributed by atoms with Crippen LogP contribution in [0.15, 0.2) is 77.9 Å². The predicted octanol–water partition coefficient (Wildman–Crippen LogP) is 3.81. The van der Waals surface area contributed by atoms with Crippen LogP contribution in [-0.2, 0) is 32.0 Å². The van der Waals surface area contributed by atoms with E-state index >= 15 is 0 Å². The number of hydrogen-bond donors (Lipinski definition) is 2. The lowest BCUT2D eigenvalue weighted by molar-refractivity contribution is -0.143. The first kappa shape index (κ1) is 28.2. The molecule has 11 heteroatoms. The number of hydrogen-bond acceptors (Lipinski definition) is 8. The fourth-order valence-corrected chi connectivity index (χ4v) is 3.90. The van der Waals surface area contributed by atoms with E-state index < -0.39 is 24.2 Å². The highest BCUT2D eigenvalue weighted by atomic mass is 16.7. The van der Waals surface area contributed by atoms with Gasteiger partial charge in [0.1, 0.15) is 12.3 Å². The molecule has 0 saturated carbocycles. The van der Waals surface area contributed by atoms with Crippen LogP contribution in [-0.4, -0.2) is 59.7 Å². The summed E-state index contributed by atoms with van der Waals surface area (Å²) in [4.78, 5) is 47.4. The molecule has 2 aromatic carbocycles. The van der Waals surface area contributed by atoms with E-state index in [1.54, 1.807) is 43.3 Å². The summed E-state index contributed by atoms with van der Waals surface area (Å²) in [6.45, 7) is 2.19. The number of carbonyl (C=O) groups is 3. The van der Waals surface area contributed by atoms with Gasteiger partial charge in [0, 0.05) is 25.7 Å². The molecule has 0 aliphatic carbocycles. The van der Waals surface area contributed by atoms with Gasteiger partial charge in [-0.2, -0.15) is 4.99 Å². The van der Waals surface area contributed by atoms with Crippen LogP contribution >= 0.6 is 0 Å². The molecule has 11 nitrogen and oxygen atoms in total. The molecule has 1 atom stereocenters. The van der Waals surface area contributed by atoms with E-state index in [0.29, 0.717) is 23.4 Å². The van der Waals surface area contributed by atoms with Crippen molar-refractivity contribution in [3.63, 3.8) is 0 Å². The summed E-state index contributed by atoms with van der Waals surface area (Å²) in [5, 5.41) is 2.72. The second-order valence-corrected chi connectivity index (χ2v) is 8.91. The molecule has 0 radical (unpaired) electrons. The first-order valence-electron chi connectivity index (χ1n) is 12.9. The highest BCUT2D eigenvalue weighted by Gasteiger charge is 2.25. The molecular formula is C29H31N5O6. The fraction of sp³-hybridized carbons (Fsp3) is 0.276. The maximum Gasteiger partial charge on any atom is 0.346 e. The van der Waals surface area contributed by atoms with Gasteiger partial charge < -0.3 is 30.2 Å². The molecule has 0 spiro atoms. The third kappa shape index (κ3) is 8.11. The monoisotopic (exact) mass is 545 g/mol. The number of para-hydroxylation sites is 2. The van der Waals surface area contributed by atoms with Crippen LogP contribution in [0.5, 0.6) is 0 Å². The molecule has 208 valence electrons. The number of benzene rings is 2. The zero-order chi connectivity index (χ0) is 28.3. The molecule has 1 fully saturated rings. The molecule has 1 aliphatic heterocycles. The van der Waals surface area contributed by atoms with Crippen LogP contribution in [0.25, 0.3) is 0 Å². The van der Waals surface area contributed by atoms with Gasteiger partial charge in [-0.25, -0.2) is 4.79 Å². The maximum atomic E-state index is 13.1. The standard InChI is InChI=1S/C29H31N5O6/c1-2-38-26(35)14-15-34(29(37)33-25-19-39-27(40-25)16-20-8-4-3-5-9-20)18-21-12-13-24(31-17-21)28(36)32-23-11-7-6-10-22(23)30/h3-13,17,27H,2,14-16,18-19,30H2,1H3,(H,32,36). The topological polar surface area (TPSA) is 145 Å². The number of esters is 1. The van der Waals surface area contributed by atoms with Crippen molar-refractivity contribution < 1.29 is 28.6 Å². The summed E-state index contributed by atoms with van der Waals surface area (Å²) < 4.78 is 16.4. The Morgan fingerprint density at radius 1 is 1.07 bits per heavy atom. The zero-order valence-corrected chi connectivity index (χ0v) is 22.1. The number of nitrogens with two attached hydrogens (primary N) is 1. The van der Waals surface area contributed by atoms with Crippen molar-refractivity contribution >= 4 is 35.2 Å². The van der Waals surface area contributed by atoms with Crippen molar-refractivity contribution in [2.45, 2.75) is 32.6 Å². The van der Waals surface area contributed by atoms with E-state index in [4.69, 9.17) is 19.9 Å². The van der Waals surface area contributed by atoms with Crippen molar-refractivity contribution in [1.82, 2.24) is 9.88 Å².